The predicted octanol–water partition coefficient (Wildman–Crippen LogP) is 22.4. The Morgan fingerprint density at radius 2 is 0.486 bits per heavy atom. The molecule has 0 fully saturated rings. The van der Waals surface area contributed by atoms with E-state index in [0.717, 1.165) is 70.6 Å². The number of rotatable bonds is 61. The van der Waals surface area contributed by atoms with Crippen molar-refractivity contribution in [2.45, 2.75) is 367 Å². The maximum atomic E-state index is 12.9. The first-order valence-electron chi connectivity index (χ1n) is 33.0. The molecule has 0 rings (SSSR count). The van der Waals surface area contributed by atoms with E-state index in [0.29, 0.717) is 19.3 Å². The average molecular weight is 1040 g/mol. The van der Waals surface area contributed by atoms with Crippen LogP contribution in [0.4, 0.5) is 0 Å². The molecule has 0 saturated carbocycles. The van der Waals surface area contributed by atoms with Gasteiger partial charge >= 0.3 is 17.9 Å². The molecule has 434 valence electrons. The smallest absolute Gasteiger partial charge is 0.306 e. The molecule has 1 atom stereocenters. The van der Waals surface area contributed by atoms with Crippen LogP contribution in [0.5, 0.6) is 0 Å². The SMILES string of the molecule is CCCCCC/C=C\CCCCCCCC(=O)OCC(COC(=O)CCCCCCCCCCCCCCC/C=C\C/C=C\CCCCCCC)OC(=O)CCCCCCCCCCCCCCCCCCCC. The largest absolute Gasteiger partial charge is 0.462 e. The fourth-order valence-electron chi connectivity index (χ4n) is 9.88. The molecule has 6 heteroatoms. The number of esters is 3. The van der Waals surface area contributed by atoms with Crippen molar-refractivity contribution in [3.8, 4) is 0 Å². The topological polar surface area (TPSA) is 78.9 Å². The number of hydrogen-bond acceptors (Lipinski definition) is 6. The molecule has 0 aromatic heterocycles. The summed E-state index contributed by atoms with van der Waals surface area (Å²) in [5.41, 5.74) is 0. The highest BCUT2D eigenvalue weighted by Crippen LogP contribution is 2.18. The van der Waals surface area contributed by atoms with Gasteiger partial charge in [0, 0.05) is 19.3 Å². The minimum Gasteiger partial charge on any atom is -0.462 e. The van der Waals surface area contributed by atoms with E-state index in [1.54, 1.807) is 0 Å². The second-order valence-corrected chi connectivity index (χ2v) is 22.4. The van der Waals surface area contributed by atoms with Gasteiger partial charge in [-0.3, -0.25) is 14.4 Å². The van der Waals surface area contributed by atoms with Gasteiger partial charge in [-0.1, -0.05) is 301 Å². The van der Waals surface area contributed by atoms with E-state index >= 15 is 0 Å². The summed E-state index contributed by atoms with van der Waals surface area (Å²) < 4.78 is 16.9. The molecule has 0 spiro atoms. The number of hydrogen-bond donors (Lipinski definition) is 0. The van der Waals surface area contributed by atoms with Gasteiger partial charge in [0.15, 0.2) is 6.10 Å². The summed E-state index contributed by atoms with van der Waals surface area (Å²) in [6, 6.07) is 0. The van der Waals surface area contributed by atoms with Gasteiger partial charge in [0.1, 0.15) is 13.2 Å². The van der Waals surface area contributed by atoms with Crippen LogP contribution in [0.3, 0.4) is 0 Å². The predicted molar refractivity (Wildman–Crippen MR) is 321 cm³/mol. The number of ether oxygens (including phenoxy) is 3. The third kappa shape index (κ3) is 60.5. The van der Waals surface area contributed by atoms with Crippen LogP contribution in [0.2, 0.25) is 0 Å². The summed E-state index contributed by atoms with van der Waals surface area (Å²) in [5.74, 6) is -0.855. The Morgan fingerprint density at radius 1 is 0.270 bits per heavy atom. The molecule has 1 unspecified atom stereocenters. The zero-order chi connectivity index (χ0) is 53.6. The van der Waals surface area contributed by atoms with Gasteiger partial charge in [0.25, 0.3) is 0 Å². The first kappa shape index (κ1) is 71.6. The molecule has 0 saturated heterocycles. The van der Waals surface area contributed by atoms with Crippen molar-refractivity contribution in [1.29, 1.82) is 0 Å². The molecular weight excluding hydrogens is 913 g/mol. The van der Waals surface area contributed by atoms with Crippen LogP contribution in [0.15, 0.2) is 36.5 Å². The van der Waals surface area contributed by atoms with Crippen molar-refractivity contribution in [2.24, 2.45) is 0 Å². The molecule has 74 heavy (non-hydrogen) atoms. The van der Waals surface area contributed by atoms with Crippen LogP contribution in [0.1, 0.15) is 361 Å². The number of allylic oxidation sites excluding steroid dienone is 6. The Bertz CT molecular complexity index is 1240. The second-order valence-electron chi connectivity index (χ2n) is 22.4. The summed E-state index contributed by atoms with van der Waals surface area (Å²) >= 11 is 0. The lowest BCUT2D eigenvalue weighted by Gasteiger charge is -2.18. The molecule has 0 aliphatic rings. The van der Waals surface area contributed by atoms with Crippen LogP contribution in [0, 0.1) is 0 Å². The number of unbranched alkanes of at least 4 members (excludes halogenated alkanes) is 44. The van der Waals surface area contributed by atoms with Gasteiger partial charge in [0.2, 0.25) is 0 Å². The third-order valence-electron chi connectivity index (χ3n) is 14.9. The highest BCUT2D eigenvalue weighted by molar-refractivity contribution is 5.71. The monoisotopic (exact) mass is 1040 g/mol. The minimum absolute atomic E-state index is 0.0705. The molecule has 6 nitrogen and oxygen atoms in total. The van der Waals surface area contributed by atoms with Gasteiger partial charge < -0.3 is 14.2 Å². The maximum Gasteiger partial charge on any atom is 0.306 e. The first-order valence-corrected chi connectivity index (χ1v) is 33.0. The fraction of sp³-hybridized carbons (Fsp3) is 0.868. The zero-order valence-electron chi connectivity index (χ0n) is 49.9. The fourth-order valence-corrected chi connectivity index (χ4v) is 9.88. The van der Waals surface area contributed by atoms with E-state index in [1.165, 1.54) is 250 Å². The summed E-state index contributed by atoms with van der Waals surface area (Å²) in [6.07, 6.45) is 77.3. The lowest BCUT2D eigenvalue weighted by Crippen LogP contribution is -2.30. The standard InChI is InChI=1S/C68H126O6/c1-4-7-10-13-16-19-22-25-27-29-31-32-33-34-35-36-37-39-40-43-46-49-52-55-58-61-67(70)73-64-65(63-72-66(69)60-57-54-51-48-45-42-24-21-18-15-12-9-6-3)74-68(71)62-59-56-53-50-47-44-41-38-30-28-26-23-20-17-14-11-8-5-2/h21-22,24-25,29,31,65H,4-20,23,26-28,30,32-64H2,1-3H3/b24-21-,25-22-,31-29-. The van der Waals surface area contributed by atoms with Gasteiger partial charge in [-0.05, 0) is 77.0 Å². The van der Waals surface area contributed by atoms with Crippen LogP contribution in [0.25, 0.3) is 0 Å². The maximum absolute atomic E-state index is 12.9. The molecular formula is C68H126O6. The number of carbonyl (C=O) groups excluding carboxylic acids is 3. The molecule has 0 bridgehead atoms. The van der Waals surface area contributed by atoms with Crippen LogP contribution in [-0.4, -0.2) is 37.2 Å². The van der Waals surface area contributed by atoms with Crippen molar-refractivity contribution in [3.63, 3.8) is 0 Å². The van der Waals surface area contributed by atoms with Crippen molar-refractivity contribution >= 4 is 17.9 Å². The van der Waals surface area contributed by atoms with Gasteiger partial charge in [-0.2, -0.15) is 0 Å². The average Bonchev–Trinajstić information content (AvgIpc) is 3.40. The molecule has 0 amide bonds. The molecule has 0 N–H and O–H groups in total. The summed E-state index contributed by atoms with van der Waals surface area (Å²) in [4.78, 5) is 38.3. The molecule has 0 aliphatic carbocycles. The van der Waals surface area contributed by atoms with Crippen LogP contribution < -0.4 is 0 Å². The second kappa shape index (κ2) is 63.2. The lowest BCUT2D eigenvalue weighted by atomic mass is 10.0. The highest BCUT2D eigenvalue weighted by atomic mass is 16.6. The Kier molecular flexibility index (Phi) is 61.1. The van der Waals surface area contributed by atoms with Crippen molar-refractivity contribution in [1.82, 2.24) is 0 Å². The van der Waals surface area contributed by atoms with Crippen LogP contribution in [-0.2, 0) is 28.6 Å². The van der Waals surface area contributed by atoms with Gasteiger partial charge in [0.05, 0.1) is 0 Å². The lowest BCUT2D eigenvalue weighted by molar-refractivity contribution is -0.167. The Morgan fingerprint density at radius 3 is 0.770 bits per heavy atom. The Balaban J connectivity index is 4.25. The van der Waals surface area contributed by atoms with E-state index in [9.17, 15) is 14.4 Å². The summed E-state index contributed by atoms with van der Waals surface area (Å²) in [6.45, 7) is 6.67. The van der Waals surface area contributed by atoms with Gasteiger partial charge in [-0.25, -0.2) is 0 Å². The van der Waals surface area contributed by atoms with E-state index in [2.05, 4.69) is 57.2 Å². The normalized spacial score (nSPS) is 12.2. The Hall–Kier alpha value is -2.37. The molecule has 0 aromatic rings. The minimum atomic E-state index is -0.773. The van der Waals surface area contributed by atoms with E-state index in [4.69, 9.17) is 14.2 Å². The molecule has 0 radical (unpaired) electrons. The van der Waals surface area contributed by atoms with E-state index in [-0.39, 0.29) is 31.1 Å². The number of carbonyl (C=O) groups is 3. The molecule has 0 heterocycles. The summed E-state index contributed by atoms with van der Waals surface area (Å²) in [7, 11) is 0. The van der Waals surface area contributed by atoms with E-state index in [1.807, 2.05) is 0 Å². The van der Waals surface area contributed by atoms with Crippen LogP contribution >= 0.6 is 0 Å². The quantitative estimate of drug-likeness (QED) is 0.0261. The van der Waals surface area contributed by atoms with Crippen molar-refractivity contribution in [2.75, 3.05) is 13.2 Å². The summed E-state index contributed by atoms with van der Waals surface area (Å²) in [5, 5.41) is 0. The Labute approximate surface area is 461 Å². The zero-order valence-corrected chi connectivity index (χ0v) is 49.9. The molecule has 0 aromatic carbocycles. The highest BCUT2D eigenvalue weighted by Gasteiger charge is 2.19. The van der Waals surface area contributed by atoms with Gasteiger partial charge in [-0.15, -0.1) is 0 Å². The first-order chi connectivity index (χ1) is 36.5. The van der Waals surface area contributed by atoms with Crippen molar-refractivity contribution < 1.29 is 28.6 Å². The molecule has 0 aliphatic heterocycles. The van der Waals surface area contributed by atoms with Crippen molar-refractivity contribution in [3.05, 3.63) is 36.5 Å². The van der Waals surface area contributed by atoms with E-state index < -0.39 is 6.10 Å². The third-order valence-corrected chi connectivity index (χ3v) is 14.9.